The Balaban J connectivity index is 2.67. The van der Waals surface area contributed by atoms with E-state index < -0.39 is 12.1 Å². The minimum Gasteiger partial charge on any atom is -0.478 e. The zero-order valence-electron chi connectivity index (χ0n) is 9.30. The average Bonchev–Trinajstić information content (AvgIpc) is 2.25. The fourth-order valence-corrected chi connectivity index (χ4v) is 1.97. The predicted octanol–water partition coefficient (Wildman–Crippen LogP) is 0.389. The summed E-state index contributed by atoms with van der Waals surface area (Å²) in [4.78, 5) is 23.5. The van der Waals surface area contributed by atoms with Gasteiger partial charge < -0.3 is 15.1 Å². The summed E-state index contributed by atoms with van der Waals surface area (Å²) < 4.78 is 0. The van der Waals surface area contributed by atoms with Crippen molar-refractivity contribution in [1.82, 2.24) is 4.90 Å². The molecule has 1 heterocycles. The number of carboxylic acids is 1. The predicted molar refractivity (Wildman–Crippen MR) is 57.8 cm³/mol. The summed E-state index contributed by atoms with van der Waals surface area (Å²) in [5.41, 5.74) is 0. The number of aliphatic carboxylic acids is 1. The van der Waals surface area contributed by atoms with E-state index in [4.69, 9.17) is 5.11 Å². The van der Waals surface area contributed by atoms with Crippen LogP contribution < -0.4 is 0 Å². The van der Waals surface area contributed by atoms with E-state index in [1.54, 1.807) is 11.8 Å². The van der Waals surface area contributed by atoms with Crippen molar-refractivity contribution in [1.29, 1.82) is 0 Å². The first kappa shape index (κ1) is 12.7. The van der Waals surface area contributed by atoms with Gasteiger partial charge in [0.1, 0.15) is 0 Å². The molecule has 0 unspecified atom stereocenters. The van der Waals surface area contributed by atoms with Crippen molar-refractivity contribution in [2.45, 2.75) is 38.3 Å². The Morgan fingerprint density at radius 1 is 1.38 bits per heavy atom. The van der Waals surface area contributed by atoms with Crippen LogP contribution in [0, 0.1) is 0 Å². The third-order valence-corrected chi connectivity index (χ3v) is 2.76. The number of carboxylic acid groups (broad SMARTS) is 1. The van der Waals surface area contributed by atoms with E-state index in [0.29, 0.717) is 6.54 Å². The summed E-state index contributed by atoms with van der Waals surface area (Å²) in [5.74, 6) is -1.48. The second kappa shape index (κ2) is 5.65. The van der Waals surface area contributed by atoms with Crippen molar-refractivity contribution in [3.8, 4) is 0 Å². The van der Waals surface area contributed by atoms with Crippen molar-refractivity contribution in [3.05, 3.63) is 12.2 Å². The van der Waals surface area contributed by atoms with E-state index in [-0.39, 0.29) is 11.9 Å². The first-order chi connectivity index (χ1) is 7.52. The van der Waals surface area contributed by atoms with Gasteiger partial charge in [-0.25, -0.2) is 4.79 Å². The maximum absolute atomic E-state index is 11.7. The van der Waals surface area contributed by atoms with Gasteiger partial charge >= 0.3 is 5.97 Å². The van der Waals surface area contributed by atoms with Crippen LogP contribution in [0.2, 0.25) is 0 Å². The number of piperidine rings is 1. The van der Waals surface area contributed by atoms with Crippen molar-refractivity contribution in [2.75, 3.05) is 6.54 Å². The van der Waals surface area contributed by atoms with E-state index in [2.05, 4.69) is 0 Å². The smallest absolute Gasteiger partial charge is 0.328 e. The first-order valence-corrected chi connectivity index (χ1v) is 5.42. The summed E-state index contributed by atoms with van der Waals surface area (Å²) in [6.07, 6.45) is 3.95. The van der Waals surface area contributed by atoms with Gasteiger partial charge in [0, 0.05) is 18.7 Å². The SMILES string of the molecule is C[C@@H](O)[C@H]1CCCCN1C(=O)/C=C/C(=O)O. The maximum atomic E-state index is 11.7. The van der Waals surface area contributed by atoms with E-state index in [0.717, 1.165) is 31.4 Å². The number of hydrogen-bond acceptors (Lipinski definition) is 3. The molecule has 0 radical (unpaired) electrons. The average molecular weight is 227 g/mol. The van der Waals surface area contributed by atoms with Crippen molar-refractivity contribution in [3.63, 3.8) is 0 Å². The number of rotatable bonds is 3. The number of aliphatic hydroxyl groups is 1. The third-order valence-electron chi connectivity index (χ3n) is 2.76. The number of aliphatic hydroxyl groups excluding tert-OH is 1. The number of hydrogen-bond donors (Lipinski definition) is 2. The molecule has 0 aromatic carbocycles. The highest BCUT2D eigenvalue weighted by Gasteiger charge is 2.28. The molecule has 1 fully saturated rings. The Kier molecular flexibility index (Phi) is 4.49. The Morgan fingerprint density at radius 2 is 2.06 bits per heavy atom. The molecule has 0 aromatic heterocycles. The summed E-state index contributed by atoms with van der Waals surface area (Å²) in [6, 6.07) is -0.195. The molecule has 16 heavy (non-hydrogen) atoms. The summed E-state index contributed by atoms with van der Waals surface area (Å²) in [7, 11) is 0. The molecule has 0 aliphatic carbocycles. The quantitative estimate of drug-likeness (QED) is 0.684. The van der Waals surface area contributed by atoms with E-state index >= 15 is 0 Å². The molecule has 1 amide bonds. The first-order valence-electron chi connectivity index (χ1n) is 5.42. The highest BCUT2D eigenvalue weighted by atomic mass is 16.4. The Labute approximate surface area is 94.4 Å². The fourth-order valence-electron chi connectivity index (χ4n) is 1.97. The van der Waals surface area contributed by atoms with Gasteiger partial charge in [-0.3, -0.25) is 4.79 Å². The Hall–Kier alpha value is -1.36. The normalized spacial score (nSPS) is 23.4. The Morgan fingerprint density at radius 3 is 2.62 bits per heavy atom. The number of amides is 1. The van der Waals surface area contributed by atoms with Crippen molar-refractivity contribution < 1.29 is 19.8 Å². The van der Waals surface area contributed by atoms with Crippen LogP contribution in [-0.2, 0) is 9.59 Å². The van der Waals surface area contributed by atoms with Gasteiger partial charge in [-0.1, -0.05) is 0 Å². The van der Waals surface area contributed by atoms with Crippen LogP contribution in [0.25, 0.3) is 0 Å². The molecule has 0 bridgehead atoms. The largest absolute Gasteiger partial charge is 0.478 e. The van der Waals surface area contributed by atoms with Crippen LogP contribution in [-0.4, -0.2) is 45.7 Å². The monoisotopic (exact) mass is 227 g/mol. The minimum absolute atomic E-state index is 0.195. The van der Waals surface area contributed by atoms with Crippen LogP contribution in [0.1, 0.15) is 26.2 Å². The summed E-state index contributed by atoms with van der Waals surface area (Å²) >= 11 is 0. The summed E-state index contributed by atoms with van der Waals surface area (Å²) in [6.45, 7) is 2.23. The standard InChI is InChI=1S/C11H17NO4/c1-8(13)9-4-2-3-7-12(9)10(14)5-6-11(15)16/h5-6,8-9,13H,2-4,7H2,1H3,(H,15,16)/b6-5+/t8-,9-/m1/s1. The van der Waals surface area contributed by atoms with Crippen LogP contribution in [0.4, 0.5) is 0 Å². The van der Waals surface area contributed by atoms with E-state index in [1.807, 2.05) is 0 Å². The highest BCUT2D eigenvalue weighted by Crippen LogP contribution is 2.20. The molecular formula is C11H17NO4. The number of carbonyl (C=O) groups is 2. The molecule has 1 saturated heterocycles. The number of likely N-dealkylation sites (tertiary alicyclic amines) is 1. The molecule has 5 nitrogen and oxygen atoms in total. The lowest BCUT2D eigenvalue weighted by Gasteiger charge is -2.36. The molecule has 2 N–H and O–H groups in total. The maximum Gasteiger partial charge on any atom is 0.328 e. The molecule has 0 spiro atoms. The van der Waals surface area contributed by atoms with Crippen LogP contribution in [0.3, 0.4) is 0 Å². The van der Waals surface area contributed by atoms with Crippen LogP contribution >= 0.6 is 0 Å². The lowest BCUT2D eigenvalue weighted by molar-refractivity contribution is -0.134. The van der Waals surface area contributed by atoms with Crippen molar-refractivity contribution in [2.24, 2.45) is 0 Å². The molecule has 1 aliphatic rings. The van der Waals surface area contributed by atoms with Gasteiger partial charge in [0.15, 0.2) is 0 Å². The summed E-state index contributed by atoms with van der Waals surface area (Å²) in [5, 5.41) is 18.0. The lowest BCUT2D eigenvalue weighted by Crippen LogP contribution is -2.48. The minimum atomic E-state index is -1.14. The Bertz CT molecular complexity index is 298. The number of nitrogens with zero attached hydrogens (tertiary/aromatic N) is 1. The van der Waals surface area contributed by atoms with Gasteiger partial charge in [-0.15, -0.1) is 0 Å². The topological polar surface area (TPSA) is 77.8 Å². The molecular weight excluding hydrogens is 210 g/mol. The lowest BCUT2D eigenvalue weighted by atomic mass is 9.98. The number of carbonyl (C=O) groups excluding carboxylic acids is 1. The van der Waals surface area contributed by atoms with Gasteiger partial charge in [-0.05, 0) is 26.2 Å². The van der Waals surface area contributed by atoms with Gasteiger partial charge in [0.25, 0.3) is 0 Å². The molecule has 1 aliphatic heterocycles. The zero-order chi connectivity index (χ0) is 12.1. The van der Waals surface area contributed by atoms with E-state index in [9.17, 15) is 14.7 Å². The molecule has 0 aromatic rings. The highest BCUT2D eigenvalue weighted by molar-refractivity contribution is 5.94. The fraction of sp³-hybridized carbons (Fsp3) is 0.636. The van der Waals surface area contributed by atoms with Crippen LogP contribution in [0.5, 0.6) is 0 Å². The molecule has 2 atom stereocenters. The van der Waals surface area contributed by atoms with Gasteiger partial charge in [-0.2, -0.15) is 0 Å². The molecule has 5 heteroatoms. The zero-order valence-corrected chi connectivity index (χ0v) is 9.30. The second-order valence-corrected chi connectivity index (χ2v) is 4.01. The third kappa shape index (κ3) is 3.34. The molecule has 90 valence electrons. The molecule has 0 saturated carbocycles. The van der Waals surface area contributed by atoms with Gasteiger partial charge in [0.05, 0.1) is 12.1 Å². The molecule has 1 rings (SSSR count). The van der Waals surface area contributed by atoms with Gasteiger partial charge in [0.2, 0.25) is 5.91 Å². The second-order valence-electron chi connectivity index (χ2n) is 4.01. The van der Waals surface area contributed by atoms with Crippen molar-refractivity contribution >= 4 is 11.9 Å². The van der Waals surface area contributed by atoms with E-state index in [1.165, 1.54) is 0 Å². The van der Waals surface area contributed by atoms with Crippen LogP contribution in [0.15, 0.2) is 12.2 Å².